The molecule has 1 fully saturated rings. The third-order valence-corrected chi connectivity index (χ3v) is 1.83. The maximum Gasteiger partial charge on any atom is 0.0729 e. The van der Waals surface area contributed by atoms with Gasteiger partial charge >= 0.3 is 0 Å². The van der Waals surface area contributed by atoms with Crippen molar-refractivity contribution in [3.8, 4) is 0 Å². The standard InChI is InChI=1S/C8H17N2O/c1-10(2)5-6-11-8-3-4-9-7-8/h8H,3-7H2,1-2H3. The van der Waals surface area contributed by atoms with Crippen LogP contribution in [0.3, 0.4) is 0 Å². The van der Waals surface area contributed by atoms with Crippen molar-refractivity contribution in [3.63, 3.8) is 0 Å². The normalized spacial score (nSPS) is 24.8. The monoisotopic (exact) mass is 157 g/mol. The van der Waals surface area contributed by atoms with E-state index < -0.39 is 0 Å². The Morgan fingerprint density at radius 1 is 1.55 bits per heavy atom. The highest BCUT2D eigenvalue weighted by molar-refractivity contribution is 4.70. The SMILES string of the molecule is CN(C)CCOC1CC[N]C1. The van der Waals surface area contributed by atoms with Gasteiger partial charge in [0.15, 0.2) is 0 Å². The van der Waals surface area contributed by atoms with Crippen LogP contribution in [0.4, 0.5) is 0 Å². The van der Waals surface area contributed by atoms with E-state index in [1.54, 1.807) is 0 Å². The Morgan fingerprint density at radius 3 is 2.91 bits per heavy atom. The smallest absolute Gasteiger partial charge is 0.0729 e. The molecule has 0 aliphatic carbocycles. The van der Waals surface area contributed by atoms with Crippen LogP contribution in [0.15, 0.2) is 0 Å². The molecule has 1 rings (SSSR count). The molecule has 0 aromatic heterocycles. The Kier molecular flexibility index (Phi) is 3.83. The highest BCUT2D eigenvalue weighted by atomic mass is 16.5. The second kappa shape index (κ2) is 4.70. The van der Waals surface area contributed by atoms with Gasteiger partial charge in [0.05, 0.1) is 12.7 Å². The van der Waals surface area contributed by atoms with Gasteiger partial charge in [-0.1, -0.05) is 0 Å². The van der Waals surface area contributed by atoms with Crippen LogP contribution in [0, 0.1) is 0 Å². The second-order valence-corrected chi connectivity index (χ2v) is 3.21. The van der Waals surface area contributed by atoms with E-state index in [2.05, 4.69) is 24.3 Å². The van der Waals surface area contributed by atoms with Crippen molar-refractivity contribution in [2.75, 3.05) is 40.3 Å². The van der Waals surface area contributed by atoms with Crippen LogP contribution in [0.1, 0.15) is 6.42 Å². The van der Waals surface area contributed by atoms with Crippen molar-refractivity contribution in [1.82, 2.24) is 10.2 Å². The molecule has 1 unspecified atom stereocenters. The van der Waals surface area contributed by atoms with Gasteiger partial charge in [-0.15, -0.1) is 0 Å². The number of nitrogens with zero attached hydrogens (tertiary/aromatic N) is 2. The average Bonchev–Trinajstić information content (AvgIpc) is 2.39. The molecule has 0 spiro atoms. The van der Waals surface area contributed by atoms with Gasteiger partial charge in [0.1, 0.15) is 0 Å². The van der Waals surface area contributed by atoms with Crippen molar-refractivity contribution >= 4 is 0 Å². The fraction of sp³-hybridized carbons (Fsp3) is 1.00. The lowest BCUT2D eigenvalue weighted by molar-refractivity contribution is 0.0569. The lowest BCUT2D eigenvalue weighted by Crippen LogP contribution is -2.22. The van der Waals surface area contributed by atoms with E-state index in [0.29, 0.717) is 6.10 Å². The topological polar surface area (TPSA) is 26.6 Å². The van der Waals surface area contributed by atoms with E-state index in [-0.39, 0.29) is 0 Å². The first-order valence-corrected chi connectivity index (χ1v) is 4.18. The molecule has 1 aliphatic heterocycles. The third-order valence-electron chi connectivity index (χ3n) is 1.83. The van der Waals surface area contributed by atoms with Crippen LogP contribution in [0.2, 0.25) is 0 Å². The number of likely N-dealkylation sites (N-methyl/N-ethyl adjacent to an activating group) is 1. The Morgan fingerprint density at radius 2 is 2.36 bits per heavy atom. The van der Waals surface area contributed by atoms with Gasteiger partial charge in [-0.2, -0.15) is 0 Å². The molecule has 0 bridgehead atoms. The minimum absolute atomic E-state index is 0.412. The van der Waals surface area contributed by atoms with Gasteiger partial charge in [0.2, 0.25) is 0 Å². The fourth-order valence-corrected chi connectivity index (χ4v) is 1.10. The third kappa shape index (κ3) is 3.70. The molecule has 1 atom stereocenters. The van der Waals surface area contributed by atoms with Gasteiger partial charge in [-0.3, -0.25) is 0 Å². The van der Waals surface area contributed by atoms with Crippen molar-refractivity contribution in [2.24, 2.45) is 0 Å². The molecule has 11 heavy (non-hydrogen) atoms. The van der Waals surface area contributed by atoms with Gasteiger partial charge in [0, 0.05) is 19.6 Å². The fourth-order valence-electron chi connectivity index (χ4n) is 1.10. The summed E-state index contributed by atoms with van der Waals surface area (Å²) in [5, 5.41) is 4.22. The highest BCUT2D eigenvalue weighted by Crippen LogP contribution is 2.03. The molecule has 3 heteroatoms. The zero-order valence-electron chi connectivity index (χ0n) is 7.42. The quantitative estimate of drug-likeness (QED) is 0.571. The molecule has 0 aromatic carbocycles. The van der Waals surface area contributed by atoms with Gasteiger partial charge < -0.3 is 9.64 Å². The summed E-state index contributed by atoms with van der Waals surface area (Å²) in [6.07, 6.45) is 1.53. The van der Waals surface area contributed by atoms with Gasteiger partial charge in [-0.05, 0) is 20.5 Å². The molecule has 65 valence electrons. The molecule has 0 saturated carbocycles. The van der Waals surface area contributed by atoms with Crippen LogP contribution >= 0.6 is 0 Å². The molecule has 0 amide bonds. The number of hydrogen-bond donors (Lipinski definition) is 0. The lowest BCUT2D eigenvalue weighted by Gasteiger charge is -2.13. The van der Waals surface area contributed by atoms with E-state index in [4.69, 9.17) is 4.74 Å². The Balaban J connectivity index is 1.94. The van der Waals surface area contributed by atoms with Crippen LogP contribution in [0.5, 0.6) is 0 Å². The first-order chi connectivity index (χ1) is 5.29. The van der Waals surface area contributed by atoms with Gasteiger partial charge in [0.25, 0.3) is 0 Å². The summed E-state index contributed by atoms with van der Waals surface area (Å²) < 4.78 is 5.58. The van der Waals surface area contributed by atoms with Crippen molar-refractivity contribution in [1.29, 1.82) is 0 Å². The summed E-state index contributed by atoms with van der Waals surface area (Å²) in [6.45, 7) is 3.75. The molecule has 1 heterocycles. The van der Waals surface area contributed by atoms with E-state index in [1.165, 1.54) is 0 Å². The molecule has 1 aliphatic rings. The molecule has 3 nitrogen and oxygen atoms in total. The predicted octanol–water partition coefficient (Wildman–Crippen LogP) is -0.0587. The summed E-state index contributed by atoms with van der Waals surface area (Å²) in [6, 6.07) is 0. The van der Waals surface area contributed by atoms with Crippen LogP contribution in [-0.4, -0.2) is 51.3 Å². The highest BCUT2D eigenvalue weighted by Gasteiger charge is 2.14. The minimum atomic E-state index is 0.412. The van der Waals surface area contributed by atoms with Crippen LogP contribution < -0.4 is 5.32 Å². The predicted molar refractivity (Wildman–Crippen MR) is 44.8 cm³/mol. The van der Waals surface area contributed by atoms with Crippen molar-refractivity contribution in [2.45, 2.75) is 12.5 Å². The summed E-state index contributed by atoms with van der Waals surface area (Å²) in [5.41, 5.74) is 0. The molecule has 0 N–H and O–H groups in total. The largest absolute Gasteiger partial charge is 0.375 e. The lowest BCUT2D eigenvalue weighted by atomic mass is 10.3. The minimum Gasteiger partial charge on any atom is -0.375 e. The number of rotatable bonds is 4. The second-order valence-electron chi connectivity index (χ2n) is 3.21. The maximum atomic E-state index is 5.58. The summed E-state index contributed by atoms with van der Waals surface area (Å²) in [4.78, 5) is 2.13. The summed E-state index contributed by atoms with van der Waals surface area (Å²) in [7, 11) is 4.12. The Labute approximate surface area is 68.7 Å². The zero-order valence-corrected chi connectivity index (χ0v) is 7.42. The molecular weight excluding hydrogens is 140 g/mol. The first-order valence-electron chi connectivity index (χ1n) is 4.18. The molecular formula is C8H17N2O. The average molecular weight is 157 g/mol. The van der Waals surface area contributed by atoms with Crippen LogP contribution in [0.25, 0.3) is 0 Å². The van der Waals surface area contributed by atoms with Gasteiger partial charge in [-0.25, -0.2) is 5.32 Å². The summed E-state index contributed by atoms with van der Waals surface area (Å²) >= 11 is 0. The molecule has 0 aromatic rings. The Bertz CT molecular complexity index is 100. The van der Waals surface area contributed by atoms with Crippen LogP contribution in [-0.2, 0) is 4.74 Å². The summed E-state index contributed by atoms with van der Waals surface area (Å²) in [5.74, 6) is 0. The number of ether oxygens (including phenoxy) is 1. The molecule has 1 saturated heterocycles. The number of hydrogen-bond acceptors (Lipinski definition) is 2. The first kappa shape index (κ1) is 8.97. The Hall–Kier alpha value is -0.120. The van der Waals surface area contributed by atoms with E-state index in [9.17, 15) is 0 Å². The maximum absolute atomic E-state index is 5.58. The van der Waals surface area contributed by atoms with Crippen molar-refractivity contribution < 1.29 is 4.74 Å². The van der Waals surface area contributed by atoms with E-state index in [0.717, 1.165) is 32.7 Å². The van der Waals surface area contributed by atoms with Crippen molar-refractivity contribution in [3.05, 3.63) is 0 Å². The zero-order chi connectivity index (χ0) is 8.10. The van der Waals surface area contributed by atoms with E-state index in [1.807, 2.05) is 0 Å². The molecule has 1 radical (unpaired) electrons. The van der Waals surface area contributed by atoms with E-state index >= 15 is 0 Å².